The van der Waals surface area contributed by atoms with Crippen LogP contribution in [0.5, 0.6) is 0 Å². The minimum Gasteiger partial charge on any atom is -0.449 e. The summed E-state index contributed by atoms with van der Waals surface area (Å²) in [4.78, 5) is 37.9. The zero-order valence-corrected chi connectivity index (χ0v) is 19.0. The first-order valence-corrected chi connectivity index (χ1v) is 11.5. The highest BCUT2D eigenvalue weighted by atomic mass is 32.1. The van der Waals surface area contributed by atoms with Gasteiger partial charge in [-0.2, -0.15) is 0 Å². The lowest BCUT2D eigenvalue weighted by Gasteiger charge is -2.13. The Morgan fingerprint density at radius 3 is 2.50 bits per heavy atom. The van der Waals surface area contributed by atoms with Crippen LogP contribution >= 0.6 is 11.3 Å². The van der Waals surface area contributed by atoms with Crippen molar-refractivity contribution in [2.24, 2.45) is 0 Å². The molecule has 0 aliphatic heterocycles. The molecule has 7 nitrogen and oxygen atoms in total. The molecule has 0 aliphatic carbocycles. The Kier molecular flexibility index (Phi) is 5.88. The number of aromatic nitrogens is 3. The number of hydrogen-bond donors (Lipinski definition) is 2. The SMILES string of the molecule is CC(OC(=O)c1ccccc1-c1nc2ccccc2[nH]1)C(=O)Nc1nc(-c2ccccc2)cs1. The third-order valence-electron chi connectivity index (χ3n) is 5.25. The van der Waals surface area contributed by atoms with Crippen LogP contribution < -0.4 is 5.32 Å². The molecule has 5 rings (SSSR count). The number of imidazole rings is 1. The number of nitrogens with zero attached hydrogens (tertiary/aromatic N) is 2. The maximum atomic E-state index is 13.0. The second-order valence-corrected chi connectivity index (χ2v) is 8.45. The Bertz CT molecular complexity index is 1440. The topological polar surface area (TPSA) is 97.0 Å². The quantitative estimate of drug-likeness (QED) is 0.319. The fourth-order valence-electron chi connectivity index (χ4n) is 3.51. The summed E-state index contributed by atoms with van der Waals surface area (Å²) in [6, 6.07) is 24.3. The predicted octanol–water partition coefficient (Wildman–Crippen LogP) is 5.54. The van der Waals surface area contributed by atoms with Crippen LogP contribution in [0.15, 0.2) is 84.2 Å². The Morgan fingerprint density at radius 2 is 1.68 bits per heavy atom. The second-order valence-electron chi connectivity index (χ2n) is 7.59. The maximum absolute atomic E-state index is 13.0. The summed E-state index contributed by atoms with van der Waals surface area (Å²) in [5.41, 5.74) is 4.32. The summed E-state index contributed by atoms with van der Waals surface area (Å²) in [5.74, 6) is -0.506. The van der Waals surface area contributed by atoms with E-state index in [0.29, 0.717) is 22.1 Å². The molecule has 2 N–H and O–H groups in total. The number of fused-ring (bicyclic) bond motifs is 1. The number of thiazole rings is 1. The molecular weight excluding hydrogens is 448 g/mol. The van der Waals surface area contributed by atoms with Crippen LogP contribution in [0.3, 0.4) is 0 Å². The van der Waals surface area contributed by atoms with Crippen molar-refractivity contribution in [3.05, 3.63) is 89.8 Å². The molecule has 1 unspecified atom stereocenters. The standard InChI is InChI=1S/C26H20N4O3S/c1-16(24(31)30-26-29-22(15-34-26)17-9-3-2-4-10-17)33-25(32)19-12-6-5-11-18(19)23-27-20-13-7-8-14-21(20)28-23/h2-16H,1H3,(H,27,28)(H,29,30,31). The van der Waals surface area contributed by atoms with E-state index in [-0.39, 0.29) is 0 Å². The Hall–Kier alpha value is -4.30. The molecule has 5 aromatic rings. The van der Waals surface area contributed by atoms with Crippen LogP contribution in [-0.2, 0) is 9.53 Å². The van der Waals surface area contributed by atoms with E-state index < -0.39 is 18.0 Å². The van der Waals surface area contributed by atoms with Crippen molar-refractivity contribution in [1.82, 2.24) is 15.0 Å². The van der Waals surface area contributed by atoms with E-state index >= 15 is 0 Å². The van der Waals surface area contributed by atoms with Crippen LogP contribution in [0.1, 0.15) is 17.3 Å². The van der Waals surface area contributed by atoms with Crippen molar-refractivity contribution in [3.63, 3.8) is 0 Å². The van der Waals surface area contributed by atoms with Crippen molar-refractivity contribution in [1.29, 1.82) is 0 Å². The fourth-order valence-corrected chi connectivity index (χ4v) is 4.23. The van der Waals surface area contributed by atoms with E-state index in [9.17, 15) is 9.59 Å². The summed E-state index contributed by atoms with van der Waals surface area (Å²) in [6.45, 7) is 1.53. The lowest BCUT2D eigenvalue weighted by atomic mass is 10.1. The molecule has 1 amide bonds. The first-order chi connectivity index (χ1) is 16.6. The summed E-state index contributed by atoms with van der Waals surface area (Å²) in [6.07, 6.45) is -1.01. The van der Waals surface area contributed by atoms with E-state index in [4.69, 9.17) is 4.74 Å². The highest BCUT2D eigenvalue weighted by Gasteiger charge is 2.23. The number of H-pyrrole nitrogens is 1. The Labute approximate surface area is 199 Å². The van der Waals surface area contributed by atoms with Gasteiger partial charge in [-0.25, -0.2) is 14.8 Å². The molecule has 168 valence electrons. The Morgan fingerprint density at radius 1 is 0.941 bits per heavy atom. The summed E-state index contributed by atoms with van der Waals surface area (Å²) < 4.78 is 5.48. The van der Waals surface area contributed by atoms with E-state index in [2.05, 4.69) is 20.3 Å². The predicted molar refractivity (Wildman–Crippen MR) is 133 cm³/mol. The van der Waals surface area contributed by atoms with Crippen molar-refractivity contribution in [2.45, 2.75) is 13.0 Å². The molecule has 0 saturated carbocycles. The van der Waals surface area contributed by atoms with Gasteiger partial charge in [-0.05, 0) is 25.1 Å². The van der Waals surface area contributed by atoms with Crippen LogP contribution in [-0.4, -0.2) is 32.9 Å². The van der Waals surface area contributed by atoms with E-state index in [0.717, 1.165) is 22.3 Å². The number of carbonyl (C=O) groups is 2. The van der Waals surface area contributed by atoms with Crippen LogP contribution in [0.2, 0.25) is 0 Å². The number of para-hydroxylation sites is 2. The van der Waals surface area contributed by atoms with Gasteiger partial charge in [-0.15, -0.1) is 11.3 Å². The van der Waals surface area contributed by atoms with E-state index in [1.54, 1.807) is 18.2 Å². The number of benzene rings is 3. The summed E-state index contributed by atoms with van der Waals surface area (Å²) in [7, 11) is 0. The van der Waals surface area contributed by atoms with Crippen molar-refractivity contribution in [2.75, 3.05) is 5.32 Å². The minimum absolute atomic E-state index is 0.321. The average Bonchev–Trinajstić information content (AvgIpc) is 3.51. The molecule has 0 saturated heterocycles. The summed E-state index contributed by atoms with van der Waals surface area (Å²) in [5, 5.41) is 5.03. The van der Waals surface area contributed by atoms with E-state index in [1.165, 1.54) is 18.3 Å². The van der Waals surface area contributed by atoms with Gasteiger partial charge < -0.3 is 9.72 Å². The highest BCUT2D eigenvalue weighted by Crippen LogP contribution is 2.26. The average molecular weight is 469 g/mol. The van der Waals surface area contributed by atoms with Gasteiger partial charge in [0.1, 0.15) is 5.82 Å². The highest BCUT2D eigenvalue weighted by molar-refractivity contribution is 7.14. The Balaban J connectivity index is 1.29. The van der Waals surface area contributed by atoms with Crippen LogP contribution in [0, 0.1) is 0 Å². The maximum Gasteiger partial charge on any atom is 0.339 e. The third kappa shape index (κ3) is 4.44. The summed E-state index contributed by atoms with van der Waals surface area (Å²) >= 11 is 1.31. The number of ether oxygens (including phenoxy) is 1. The zero-order chi connectivity index (χ0) is 23.5. The number of amides is 1. The first kappa shape index (κ1) is 21.5. The number of aromatic amines is 1. The largest absolute Gasteiger partial charge is 0.449 e. The molecule has 2 heterocycles. The number of nitrogens with one attached hydrogen (secondary N) is 2. The molecule has 0 aliphatic rings. The van der Waals surface area contributed by atoms with Crippen LogP contribution in [0.4, 0.5) is 5.13 Å². The number of hydrogen-bond acceptors (Lipinski definition) is 6. The normalized spacial score (nSPS) is 11.8. The molecule has 34 heavy (non-hydrogen) atoms. The van der Waals surface area contributed by atoms with Crippen molar-refractivity contribution in [3.8, 4) is 22.6 Å². The fraction of sp³-hybridized carbons (Fsp3) is 0.0769. The third-order valence-corrected chi connectivity index (χ3v) is 6.01. The number of anilines is 1. The van der Waals surface area contributed by atoms with Gasteiger partial charge in [0.25, 0.3) is 5.91 Å². The zero-order valence-electron chi connectivity index (χ0n) is 18.2. The van der Waals surface area contributed by atoms with Crippen LogP contribution in [0.25, 0.3) is 33.7 Å². The molecule has 1 atom stereocenters. The van der Waals surface area contributed by atoms with Crippen molar-refractivity contribution < 1.29 is 14.3 Å². The molecule has 2 aromatic heterocycles. The van der Waals surface area contributed by atoms with Gasteiger partial charge in [-0.1, -0.05) is 60.7 Å². The van der Waals surface area contributed by atoms with Gasteiger partial charge in [0, 0.05) is 16.5 Å². The molecule has 8 heteroatoms. The monoisotopic (exact) mass is 468 g/mol. The molecule has 3 aromatic carbocycles. The molecule has 0 fully saturated rings. The van der Waals surface area contributed by atoms with Gasteiger partial charge >= 0.3 is 5.97 Å². The molecule has 0 radical (unpaired) electrons. The van der Waals surface area contributed by atoms with Gasteiger partial charge in [0.2, 0.25) is 0 Å². The lowest BCUT2D eigenvalue weighted by molar-refractivity contribution is -0.123. The smallest absolute Gasteiger partial charge is 0.339 e. The number of carbonyl (C=O) groups excluding carboxylic acids is 2. The molecule has 0 spiro atoms. The minimum atomic E-state index is -1.01. The molecule has 0 bridgehead atoms. The van der Waals surface area contributed by atoms with Gasteiger partial charge in [-0.3, -0.25) is 10.1 Å². The number of esters is 1. The lowest BCUT2D eigenvalue weighted by Crippen LogP contribution is -2.30. The number of rotatable bonds is 6. The second kappa shape index (κ2) is 9.29. The van der Waals surface area contributed by atoms with Gasteiger partial charge in [0.15, 0.2) is 11.2 Å². The van der Waals surface area contributed by atoms with Gasteiger partial charge in [0.05, 0.1) is 22.3 Å². The molecular formula is C26H20N4O3S. The van der Waals surface area contributed by atoms with E-state index in [1.807, 2.05) is 66.0 Å². The van der Waals surface area contributed by atoms with Crippen molar-refractivity contribution >= 4 is 39.4 Å². The first-order valence-electron chi connectivity index (χ1n) is 10.7.